The molecule has 106 valence electrons. The zero-order valence-corrected chi connectivity index (χ0v) is 12.0. The van der Waals surface area contributed by atoms with Gasteiger partial charge in [-0.15, -0.1) is 0 Å². The summed E-state index contributed by atoms with van der Waals surface area (Å²) < 4.78 is 11.2. The van der Waals surface area contributed by atoms with Gasteiger partial charge in [-0.1, -0.05) is 19.8 Å². The van der Waals surface area contributed by atoms with Crippen LogP contribution >= 0.6 is 0 Å². The highest BCUT2D eigenvalue weighted by Gasteiger charge is 2.49. The number of nitrogens with one attached hydrogen (secondary N) is 1. The molecule has 2 atom stereocenters. The molecule has 0 aromatic carbocycles. The third-order valence-corrected chi connectivity index (χ3v) is 4.54. The largest absolute Gasteiger partial charge is 0.383 e. The van der Waals surface area contributed by atoms with Crippen molar-refractivity contribution in [1.29, 1.82) is 0 Å². The summed E-state index contributed by atoms with van der Waals surface area (Å²) >= 11 is 0. The minimum atomic E-state index is 0.408. The Labute approximate surface area is 112 Å². The lowest BCUT2D eigenvalue weighted by Crippen LogP contribution is -2.42. The smallest absolute Gasteiger partial charge is 0.0672 e. The van der Waals surface area contributed by atoms with Crippen LogP contribution in [0.15, 0.2) is 0 Å². The first kappa shape index (κ1) is 14.3. The molecule has 3 heteroatoms. The summed E-state index contributed by atoms with van der Waals surface area (Å²) in [6.45, 7) is 6.13. The Morgan fingerprint density at radius 2 is 2.22 bits per heavy atom. The fourth-order valence-electron chi connectivity index (χ4n) is 3.33. The van der Waals surface area contributed by atoms with E-state index < -0.39 is 0 Å². The van der Waals surface area contributed by atoms with Crippen LogP contribution in [-0.4, -0.2) is 39.5 Å². The topological polar surface area (TPSA) is 30.5 Å². The summed E-state index contributed by atoms with van der Waals surface area (Å²) in [4.78, 5) is 0. The third kappa shape index (κ3) is 3.46. The van der Waals surface area contributed by atoms with Crippen molar-refractivity contribution in [3.8, 4) is 0 Å². The summed E-state index contributed by atoms with van der Waals surface area (Å²) in [5.74, 6) is 0.855. The van der Waals surface area contributed by atoms with Gasteiger partial charge in [0.25, 0.3) is 0 Å². The van der Waals surface area contributed by atoms with Gasteiger partial charge in [0.2, 0.25) is 0 Å². The summed E-state index contributed by atoms with van der Waals surface area (Å²) in [6, 6.07) is 0. The average Bonchev–Trinajstić information content (AvgIpc) is 3.14. The molecule has 1 aliphatic carbocycles. The van der Waals surface area contributed by atoms with Crippen molar-refractivity contribution in [2.75, 3.05) is 33.4 Å². The molecule has 1 heterocycles. The first-order valence-corrected chi connectivity index (χ1v) is 7.63. The van der Waals surface area contributed by atoms with Crippen LogP contribution in [0.2, 0.25) is 0 Å². The van der Waals surface area contributed by atoms with Gasteiger partial charge in [-0.2, -0.15) is 0 Å². The van der Waals surface area contributed by atoms with Crippen molar-refractivity contribution in [3.05, 3.63) is 0 Å². The quantitative estimate of drug-likeness (QED) is 0.642. The molecule has 1 saturated heterocycles. The molecule has 2 unspecified atom stereocenters. The van der Waals surface area contributed by atoms with Crippen molar-refractivity contribution in [2.45, 2.75) is 51.6 Å². The number of rotatable bonds is 9. The van der Waals surface area contributed by atoms with E-state index in [4.69, 9.17) is 9.47 Å². The maximum absolute atomic E-state index is 6.08. The molecule has 1 aliphatic heterocycles. The Hall–Kier alpha value is -0.120. The Kier molecular flexibility index (Phi) is 5.46. The Balaban J connectivity index is 1.88. The van der Waals surface area contributed by atoms with Crippen LogP contribution in [-0.2, 0) is 9.47 Å². The molecule has 0 spiro atoms. The molecule has 0 radical (unpaired) electrons. The van der Waals surface area contributed by atoms with Crippen LogP contribution in [0.4, 0.5) is 0 Å². The number of hydrogen-bond acceptors (Lipinski definition) is 3. The highest BCUT2D eigenvalue weighted by molar-refractivity contribution is 5.00. The minimum Gasteiger partial charge on any atom is -0.383 e. The molecule has 0 bridgehead atoms. The molecule has 1 N–H and O–H groups in total. The van der Waals surface area contributed by atoms with Gasteiger partial charge in [0.05, 0.1) is 12.7 Å². The van der Waals surface area contributed by atoms with Crippen LogP contribution in [0.1, 0.15) is 45.4 Å². The lowest BCUT2D eigenvalue weighted by Gasteiger charge is -2.35. The normalized spacial score (nSPS) is 32.0. The first-order valence-electron chi connectivity index (χ1n) is 7.63. The van der Waals surface area contributed by atoms with Crippen LogP contribution in [0.25, 0.3) is 0 Å². The standard InChI is InChI=1S/C15H29NO2/c1-3-4-7-15(12-16-9-11-17-2)8-10-18-14(15)13-5-6-13/h13-14,16H,3-12H2,1-2H3. The maximum atomic E-state index is 6.08. The zero-order valence-electron chi connectivity index (χ0n) is 12.0. The Morgan fingerprint density at radius 3 is 2.89 bits per heavy atom. The van der Waals surface area contributed by atoms with Crippen LogP contribution in [0, 0.1) is 11.3 Å². The summed E-state index contributed by atoms with van der Waals surface area (Å²) in [7, 11) is 1.76. The van der Waals surface area contributed by atoms with E-state index in [1.54, 1.807) is 7.11 Å². The minimum absolute atomic E-state index is 0.408. The van der Waals surface area contributed by atoms with Crippen molar-refractivity contribution in [1.82, 2.24) is 5.32 Å². The van der Waals surface area contributed by atoms with Gasteiger partial charge in [-0.3, -0.25) is 0 Å². The third-order valence-electron chi connectivity index (χ3n) is 4.54. The summed E-state index contributed by atoms with van der Waals surface area (Å²) in [5, 5.41) is 3.59. The van der Waals surface area contributed by atoms with E-state index in [1.807, 2.05) is 0 Å². The van der Waals surface area contributed by atoms with E-state index >= 15 is 0 Å². The monoisotopic (exact) mass is 255 g/mol. The fraction of sp³-hybridized carbons (Fsp3) is 1.00. The number of ether oxygens (including phenoxy) is 2. The molecule has 0 aromatic rings. The average molecular weight is 255 g/mol. The van der Waals surface area contributed by atoms with Crippen molar-refractivity contribution in [2.24, 2.45) is 11.3 Å². The van der Waals surface area contributed by atoms with E-state index in [2.05, 4.69) is 12.2 Å². The van der Waals surface area contributed by atoms with Crippen molar-refractivity contribution >= 4 is 0 Å². The molecule has 3 nitrogen and oxygen atoms in total. The first-order chi connectivity index (χ1) is 8.82. The molecule has 2 aliphatic rings. The van der Waals surface area contributed by atoms with E-state index in [-0.39, 0.29) is 0 Å². The van der Waals surface area contributed by atoms with Crippen LogP contribution in [0.3, 0.4) is 0 Å². The zero-order chi connectivity index (χ0) is 12.8. The summed E-state index contributed by atoms with van der Waals surface area (Å²) in [6.07, 6.45) is 8.49. The van der Waals surface area contributed by atoms with Gasteiger partial charge in [-0.25, -0.2) is 0 Å². The number of hydrogen-bond donors (Lipinski definition) is 1. The molecular formula is C15H29NO2. The van der Waals surface area contributed by atoms with E-state index in [0.29, 0.717) is 11.5 Å². The SMILES string of the molecule is CCCCC1(CNCCOC)CCOC1C1CC1. The highest BCUT2D eigenvalue weighted by atomic mass is 16.5. The molecule has 2 rings (SSSR count). The van der Waals surface area contributed by atoms with Crippen LogP contribution < -0.4 is 5.32 Å². The van der Waals surface area contributed by atoms with Gasteiger partial charge < -0.3 is 14.8 Å². The molecule has 2 fully saturated rings. The highest BCUT2D eigenvalue weighted by Crippen LogP contribution is 2.49. The molecule has 0 amide bonds. The maximum Gasteiger partial charge on any atom is 0.0672 e. The van der Waals surface area contributed by atoms with Gasteiger partial charge in [-0.05, 0) is 31.6 Å². The predicted molar refractivity (Wildman–Crippen MR) is 73.8 cm³/mol. The second-order valence-electron chi connectivity index (χ2n) is 6.01. The fourth-order valence-corrected chi connectivity index (χ4v) is 3.33. The van der Waals surface area contributed by atoms with E-state index in [9.17, 15) is 0 Å². The second-order valence-corrected chi connectivity index (χ2v) is 6.01. The van der Waals surface area contributed by atoms with Crippen LogP contribution in [0.5, 0.6) is 0 Å². The van der Waals surface area contributed by atoms with Gasteiger partial charge in [0, 0.05) is 32.2 Å². The lowest BCUT2D eigenvalue weighted by atomic mass is 9.74. The summed E-state index contributed by atoms with van der Waals surface area (Å²) in [5.41, 5.74) is 0.408. The molecular weight excluding hydrogens is 226 g/mol. The van der Waals surface area contributed by atoms with Crippen molar-refractivity contribution in [3.63, 3.8) is 0 Å². The van der Waals surface area contributed by atoms with E-state index in [0.717, 1.165) is 32.2 Å². The molecule has 18 heavy (non-hydrogen) atoms. The number of methoxy groups -OCH3 is 1. The van der Waals surface area contributed by atoms with E-state index in [1.165, 1.54) is 38.5 Å². The van der Waals surface area contributed by atoms with Gasteiger partial charge in [0.1, 0.15) is 0 Å². The second kappa shape index (κ2) is 6.88. The molecule has 0 aromatic heterocycles. The molecule has 1 saturated carbocycles. The predicted octanol–water partition coefficient (Wildman–Crippen LogP) is 2.60. The Bertz CT molecular complexity index is 243. The van der Waals surface area contributed by atoms with Gasteiger partial charge in [0.15, 0.2) is 0 Å². The van der Waals surface area contributed by atoms with Crippen molar-refractivity contribution < 1.29 is 9.47 Å². The number of unbranched alkanes of at least 4 members (excludes halogenated alkanes) is 1. The Morgan fingerprint density at radius 1 is 1.39 bits per heavy atom. The lowest BCUT2D eigenvalue weighted by molar-refractivity contribution is 0.0248. The van der Waals surface area contributed by atoms with Gasteiger partial charge >= 0.3 is 0 Å².